The highest BCUT2D eigenvalue weighted by atomic mass is 32.1. The molecule has 1 atom stereocenters. The van der Waals surface area contributed by atoms with Crippen molar-refractivity contribution in [2.24, 2.45) is 0 Å². The quantitative estimate of drug-likeness (QED) is 0.881. The van der Waals surface area contributed by atoms with Gasteiger partial charge in [0.25, 0.3) is 5.91 Å². The Morgan fingerprint density at radius 1 is 1.30 bits per heavy atom. The normalized spacial score (nSPS) is 14.8. The van der Waals surface area contributed by atoms with E-state index in [4.69, 9.17) is 4.74 Å². The van der Waals surface area contributed by atoms with Crippen LogP contribution in [0.25, 0.3) is 0 Å². The van der Waals surface area contributed by atoms with Gasteiger partial charge in [-0.05, 0) is 17.2 Å². The monoisotopic (exact) mass is 331 g/mol. The van der Waals surface area contributed by atoms with E-state index in [1.54, 1.807) is 6.07 Å². The molecule has 1 aliphatic rings. The molecular formula is C17H17NO4S. The summed E-state index contributed by atoms with van der Waals surface area (Å²) in [6.07, 6.45) is 1.07. The summed E-state index contributed by atoms with van der Waals surface area (Å²) in [5.74, 6) is -1.38. The van der Waals surface area contributed by atoms with Crippen LogP contribution in [0.1, 0.15) is 25.7 Å². The highest BCUT2D eigenvalue weighted by molar-refractivity contribution is 7.14. The van der Waals surface area contributed by atoms with Crippen LogP contribution < -0.4 is 5.32 Å². The Kier molecular flexibility index (Phi) is 4.73. The molecule has 0 aliphatic carbocycles. The molecule has 1 amide bonds. The first-order valence-electron chi connectivity index (χ1n) is 7.40. The largest absolute Gasteiger partial charge is 0.480 e. The third kappa shape index (κ3) is 3.78. The van der Waals surface area contributed by atoms with E-state index in [1.165, 1.54) is 11.3 Å². The Morgan fingerprint density at radius 2 is 2.09 bits per heavy atom. The van der Waals surface area contributed by atoms with Crippen molar-refractivity contribution >= 4 is 23.2 Å². The maximum Gasteiger partial charge on any atom is 0.326 e. The Balaban J connectivity index is 1.71. The lowest BCUT2D eigenvalue weighted by atomic mass is 10.1. The van der Waals surface area contributed by atoms with Gasteiger partial charge in [-0.3, -0.25) is 4.79 Å². The van der Waals surface area contributed by atoms with Crippen LogP contribution in [-0.2, 0) is 29.0 Å². The van der Waals surface area contributed by atoms with Gasteiger partial charge in [0.2, 0.25) is 0 Å². The Bertz CT molecular complexity index is 687. The molecule has 3 rings (SSSR count). The second kappa shape index (κ2) is 6.93. The summed E-state index contributed by atoms with van der Waals surface area (Å²) >= 11 is 1.42. The molecule has 0 fully saturated rings. The van der Waals surface area contributed by atoms with Crippen molar-refractivity contribution in [3.8, 4) is 0 Å². The summed E-state index contributed by atoms with van der Waals surface area (Å²) in [5.41, 5.74) is 1.90. The molecule has 2 heterocycles. The molecule has 1 unspecified atom stereocenters. The Morgan fingerprint density at radius 3 is 2.78 bits per heavy atom. The number of benzene rings is 1. The first-order valence-corrected chi connectivity index (χ1v) is 8.22. The van der Waals surface area contributed by atoms with Crippen LogP contribution in [-0.4, -0.2) is 29.6 Å². The lowest BCUT2D eigenvalue weighted by Gasteiger charge is -2.14. The van der Waals surface area contributed by atoms with Crippen LogP contribution in [0, 0.1) is 0 Å². The molecule has 1 aromatic carbocycles. The maximum atomic E-state index is 12.4. The van der Waals surface area contributed by atoms with E-state index in [2.05, 4.69) is 5.32 Å². The molecular weight excluding hydrogens is 314 g/mol. The number of rotatable bonds is 5. The number of nitrogens with one attached hydrogen (secondary N) is 1. The fourth-order valence-corrected chi connectivity index (χ4v) is 3.59. The predicted octanol–water partition coefficient (Wildman–Crippen LogP) is 2.25. The molecule has 5 nitrogen and oxygen atoms in total. The molecule has 1 aliphatic heterocycles. The van der Waals surface area contributed by atoms with Gasteiger partial charge < -0.3 is 15.2 Å². The van der Waals surface area contributed by atoms with E-state index < -0.39 is 12.0 Å². The van der Waals surface area contributed by atoms with Gasteiger partial charge in [0.05, 0.1) is 18.1 Å². The average Bonchev–Trinajstić information content (AvgIpc) is 2.99. The molecule has 0 saturated carbocycles. The number of fused-ring (bicyclic) bond motifs is 1. The number of carbonyl (C=O) groups excluding carboxylic acids is 1. The van der Waals surface area contributed by atoms with E-state index in [1.807, 2.05) is 30.3 Å². The fourth-order valence-electron chi connectivity index (χ4n) is 2.54. The number of hydrogen-bond donors (Lipinski definition) is 2. The van der Waals surface area contributed by atoms with Crippen LogP contribution in [0.5, 0.6) is 0 Å². The number of thiophene rings is 1. The van der Waals surface area contributed by atoms with Gasteiger partial charge in [-0.2, -0.15) is 0 Å². The topological polar surface area (TPSA) is 75.6 Å². The molecule has 2 aromatic rings. The van der Waals surface area contributed by atoms with Gasteiger partial charge in [-0.25, -0.2) is 4.79 Å². The van der Waals surface area contributed by atoms with E-state index in [9.17, 15) is 14.7 Å². The number of aliphatic carboxylic acids is 1. The summed E-state index contributed by atoms with van der Waals surface area (Å²) in [6.45, 7) is 1.19. The number of carboxylic acid groups (broad SMARTS) is 1. The summed E-state index contributed by atoms with van der Waals surface area (Å²) in [5, 5.41) is 12.0. The molecule has 23 heavy (non-hydrogen) atoms. The molecule has 0 saturated heterocycles. The van der Waals surface area contributed by atoms with Crippen molar-refractivity contribution in [1.82, 2.24) is 5.32 Å². The van der Waals surface area contributed by atoms with Crippen LogP contribution in [0.3, 0.4) is 0 Å². The molecule has 120 valence electrons. The van der Waals surface area contributed by atoms with Gasteiger partial charge in [-0.15, -0.1) is 11.3 Å². The highest BCUT2D eigenvalue weighted by Gasteiger charge is 2.23. The second-order valence-corrected chi connectivity index (χ2v) is 6.55. The summed E-state index contributed by atoms with van der Waals surface area (Å²) in [7, 11) is 0. The van der Waals surface area contributed by atoms with Gasteiger partial charge in [0.1, 0.15) is 6.04 Å². The Hall–Kier alpha value is -2.18. The minimum absolute atomic E-state index is 0.260. The molecule has 0 radical (unpaired) electrons. The summed E-state index contributed by atoms with van der Waals surface area (Å²) in [4.78, 5) is 25.5. The summed E-state index contributed by atoms with van der Waals surface area (Å²) in [6, 6.07) is 10.1. The minimum atomic E-state index is -1.04. The first-order chi connectivity index (χ1) is 11.1. The maximum absolute atomic E-state index is 12.4. The molecule has 1 aromatic heterocycles. The third-order valence-corrected chi connectivity index (χ3v) is 4.97. The third-order valence-electron chi connectivity index (χ3n) is 3.74. The van der Waals surface area contributed by atoms with Crippen LogP contribution in [0.15, 0.2) is 36.4 Å². The van der Waals surface area contributed by atoms with Crippen molar-refractivity contribution in [2.75, 3.05) is 6.61 Å². The van der Waals surface area contributed by atoms with E-state index in [0.29, 0.717) is 18.1 Å². The zero-order valence-corrected chi connectivity index (χ0v) is 13.3. The number of carbonyl (C=O) groups is 2. The highest BCUT2D eigenvalue weighted by Crippen LogP contribution is 2.27. The van der Waals surface area contributed by atoms with E-state index >= 15 is 0 Å². The standard InChI is InChI=1S/C17H17NO4S/c19-16(15-9-12-10-22-7-6-14(12)23-15)18-13(17(20)21)8-11-4-2-1-3-5-11/h1-5,9,13H,6-8,10H2,(H,18,19)(H,20,21). The van der Waals surface area contributed by atoms with Crippen molar-refractivity contribution < 1.29 is 19.4 Å². The van der Waals surface area contributed by atoms with Gasteiger partial charge in [0.15, 0.2) is 0 Å². The summed E-state index contributed by atoms with van der Waals surface area (Å²) < 4.78 is 5.37. The van der Waals surface area contributed by atoms with Crippen LogP contribution in [0.4, 0.5) is 0 Å². The zero-order chi connectivity index (χ0) is 16.2. The zero-order valence-electron chi connectivity index (χ0n) is 12.5. The SMILES string of the molecule is O=C(NC(Cc1ccccc1)C(=O)O)c1cc2c(s1)CCOC2. The second-order valence-electron chi connectivity index (χ2n) is 5.42. The van der Waals surface area contributed by atoms with E-state index in [0.717, 1.165) is 22.4 Å². The van der Waals surface area contributed by atoms with Crippen molar-refractivity contribution in [2.45, 2.75) is 25.5 Å². The molecule has 6 heteroatoms. The molecule has 2 N–H and O–H groups in total. The van der Waals surface area contributed by atoms with Crippen molar-refractivity contribution in [3.63, 3.8) is 0 Å². The van der Waals surface area contributed by atoms with Gasteiger partial charge >= 0.3 is 5.97 Å². The van der Waals surface area contributed by atoms with Crippen molar-refractivity contribution in [1.29, 1.82) is 0 Å². The average molecular weight is 331 g/mol. The first kappa shape index (κ1) is 15.7. The van der Waals surface area contributed by atoms with E-state index in [-0.39, 0.29) is 12.3 Å². The number of hydrogen-bond acceptors (Lipinski definition) is 4. The fraction of sp³-hybridized carbons (Fsp3) is 0.294. The van der Waals surface area contributed by atoms with Crippen LogP contribution >= 0.6 is 11.3 Å². The Labute approximate surface area is 137 Å². The lowest BCUT2D eigenvalue weighted by Crippen LogP contribution is -2.42. The van der Waals surface area contributed by atoms with Crippen molar-refractivity contribution in [3.05, 3.63) is 57.3 Å². The van der Waals surface area contributed by atoms with Crippen LogP contribution in [0.2, 0.25) is 0 Å². The minimum Gasteiger partial charge on any atom is -0.480 e. The number of carboxylic acids is 1. The van der Waals surface area contributed by atoms with Gasteiger partial charge in [0, 0.05) is 17.7 Å². The van der Waals surface area contributed by atoms with Gasteiger partial charge in [-0.1, -0.05) is 30.3 Å². The molecule has 0 bridgehead atoms. The lowest BCUT2D eigenvalue weighted by molar-refractivity contribution is -0.139. The number of amides is 1. The smallest absolute Gasteiger partial charge is 0.326 e. The predicted molar refractivity (Wildman–Crippen MR) is 86.7 cm³/mol. The number of ether oxygens (including phenoxy) is 1. The molecule has 0 spiro atoms.